The Balaban J connectivity index is 1.65. The molecule has 2 N–H and O–H groups in total. The molecule has 0 atom stereocenters. The maximum atomic E-state index is 12.9. The molecule has 0 saturated carbocycles. The number of benzene rings is 3. The minimum absolute atomic E-state index is 0.0659. The molecule has 0 spiro atoms. The molecule has 1 amide bonds. The molecule has 6 nitrogen and oxygen atoms in total. The SMILES string of the molecule is CCc1ccc(NC(=O)COc2ccc(S(=O)(=O)Nc3cccc(C(F)(F)F)c3)cc2Cl)cc1. The zero-order valence-corrected chi connectivity index (χ0v) is 19.4. The van der Waals surface area contributed by atoms with Crippen molar-refractivity contribution >= 4 is 38.9 Å². The number of anilines is 2. The first kappa shape index (κ1) is 25.4. The van der Waals surface area contributed by atoms with E-state index in [0.29, 0.717) is 11.8 Å². The molecule has 0 aliphatic carbocycles. The minimum atomic E-state index is -4.62. The first-order valence-corrected chi connectivity index (χ1v) is 11.9. The summed E-state index contributed by atoms with van der Waals surface area (Å²) in [5.41, 5.74) is 0.474. The number of hydrogen-bond donors (Lipinski definition) is 2. The molecule has 0 aliphatic rings. The van der Waals surface area contributed by atoms with Crippen LogP contribution >= 0.6 is 11.6 Å². The van der Waals surface area contributed by atoms with E-state index in [1.54, 1.807) is 12.1 Å². The van der Waals surface area contributed by atoms with E-state index in [0.717, 1.165) is 30.2 Å². The quantitative estimate of drug-likeness (QED) is 0.403. The van der Waals surface area contributed by atoms with Gasteiger partial charge in [-0.15, -0.1) is 0 Å². The molecule has 0 saturated heterocycles. The third-order valence-electron chi connectivity index (χ3n) is 4.66. The van der Waals surface area contributed by atoms with Crippen molar-refractivity contribution in [1.82, 2.24) is 0 Å². The van der Waals surface area contributed by atoms with Gasteiger partial charge in [-0.05, 0) is 60.5 Å². The van der Waals surface area contributed by atoms with Gasteiger partial charge in [0.2, 0.25) is 0 Å². The van der Waals surface area contributed by atoms with Crippen LogP contribution in [0.2, 0.25) is 5.02 Å². The van der Waals surface area contributed by atoms with Crippen molar-refractivity contribution in [2.45, 2.75) is 24.4 Å². The van der Waals surface area contributed by atoms with Gasteiger partial charge in [-0.25, -0.2) is 8.42 Å². The first-order valence-electron chi connectivity index (χ1n) is 9.99. The fourth-order valence-electron chi connectivity index (χ4n) is 2.90. The van der Waals surface area contributed by atoms with Crippen molar-refractivity contribution in [3.8, 4) is 5.75 Å². The maximum absolute atomic E-state index is 12.9. The van der Waals surface area contributed by atoms with Gasteiger partial charge in [0, 0.05) is 11.4 Å². The zero-order valence-electron chi connectivity index (χ0n) is 17.8. The van der Waals surface area contributed by atoms with E-state index in [1.165, 1.54) is 18.2 Å². The highest BCUT2D eigenvalue weighted by molar-refractivity contribution is 7.92. The molecule has 0 aliphatic heterocycles. The van der Waals surface area contributed by atoms with Gasteiger partial charge in [0.05, 0.1) is 15.5 Å². The Bertz CT molecular complexity index is 1280. The molecule has 3 aromatic carbocycles. The van der Waals surface area contributed by atoms with Crippen LogP contribution in [-0.2, 0) is 27.4 Å². The van der Waals surface area contributed by atoms with Gasteiger partial charge < -0.3 is 10.1 Å². The summed E-state index contributed by atoms with van der Waals surface area (Å²) in [4.78, 5) is 11.8. The van der Waals surface area contributed by atoms with E-state index in [4.69, 9.17) is 16.3 Å². The molecule has 3 aromatic rings. The van der Waals surface area contributed by atoms with E-state index in [2.05, 4.69) is 10.0 Å². The monoisotopic (exact) mass is 512 g/mol. The van der Waals surface area contributed by atoms with Crippen molar-refractivity contribution in [3.05, 3.63) is 82.9 Å². The average molecular weight is 513 g/mol. The zero-order chi connectivity index (χ0) is 24.9. The molecule has 0 unspecified atom stereocenters. The maximum Gasteiger partial charge on any atom is 0.416 e. The molecule has 0 bridgehead atoms. The Labute approximate surface area is 199 Å². The predicted molar refractivity (Wildman–Crippen MR) is 124 cm³/mol. The minimum Gasteiger partial charge on any atom is -0.482 e. The largest absolute Gasteiger partial charge is 0.482 e. The number of nitrogens with one attached hydrogen (secondary N) is 2. The highest BCUT2D eigenvalue weighted by Crippen LogP contribution is 2.32. The van der Waals surface area contributed by atoms with Crippen LogP contribution in [0.25, 0.3) is 0 Å². The number of amides is 1. The van der Waals surface area contributed by atoms with Crippen LogP contribution in [0, 0.1) is 0 Å². The number of carbonyl (C=O) groups excluding carboxylic acids is 1. The smallest absolute Gasteiger partial charge is 0.416 e. The van der Waals surface area contributed by atoms with Crippen molar-refractivity contribution in [2.75, 3.05) is 16.6 Å². The number of aryl methyl sites for hydroxylation is 1. The van der Waals surface area contributed by atoms with Gasteiger partial charge in [-0.1, -0.05) is 36.7 Å². The summed E-state index contributed by atoms with van der Waals surface area (Å²) in [5, 5.41) is 2.58. The average Bonchev–Trinajstić information content (AvgIpc) is 2.78. The molecule has 3 rings (SSSR count). The molecular formula is C23H20ClF3N2O4S. The van der Waals surface area contributed by atoms with Crippen LogP contribution in [0.15, 0.2) is 71.6 Å². The number of carbonyl (C=O) groups is 1. The second kappa shape index (κ2) is 10.4. The van der Waals surface area contributed by atoms with E-state index < -0.39 is 27.7 Å². The number of ether oxygens (including phenoxy) is 1. The van der Waals surface area contributed by atoms with Gasteiger partial charge in [0.25, 0.3) is 15.9 Å². The highest BCUT2D eigenvalue weighted by atomic mass is 35.5. The summed E-state index contributed by atoms with van der Waals surface area (Å²) in [5.74, 6) is -0.376. The summed E-state index contributed by atoms with van der Waals surface area (Å²) in [6.45, 7) is 1.65. The lowest BCUT2D eigenvalue weighted by Gasteiger charge is -2.13. The second-order valence-corrected chi connectivity index (χ2v) is 9.25. The molecule has 0 radical (unpaired) electrons. The lowest BCUT2D eigenvalue weighted by Crippen LogP contribution is -2.20. The van der Waals surface area contributed by atoms with Crippen LogP contribution in [0.1, 0.15) is 18.1 Å². The lowest BCUT2D eigenvalue weighted by molar-refractivity contribution is -0.137. The van der Waals surface area contributed by atoms with Crippen LogP contribution < -0.4 is 14.8 Å². The molecule has 0 heterocycles. The lowest BCUT2D eigenvalue weighted by atomic mass is 10.1. The third-order valence-corrected chi connectivity index (χ3v) is 6.33. The van der Waals surface area contributed by atoms with Crippen molar-refractivity contribution in [2.24, 2.45) is 0 Å². The van der Waals surface area contributed by atoms with Crippen LogP contribution in [0.4, 0.5) is 24.5 Å². The first-order chi connectivity index (χ1) is 16.0. The number of sulfonamides is 1. The Morgan fingerprint density at radius 1 is 1.00 bits per heavy atom. The highest BCUT2D eigenvalue weighted by Gasteiger charge is 2.30. The van der Waals surface area contributed by atoms with E-state index >= 15 is 0 Å². The van der Waals surface area contributed by atoms with Gasteiger partial charge in [0.15, 0.2) is 6.61 Å². The van der Waals surface area contributed by atoms with Gasteiger partial charge >= 0.3 is 6.18 Å². The fraction of sp³-hybridized carbons (Fsp3) is 0.174. The predicted octanol–water partition coefficient (Wildman–Crippen LogP) is 5.74. The fourth-order valence-corrected chi connectivity index (χ4v) is 4.28. The number of halogens is 4. The molecular weight excluding hydrogens is 493 g/mol. The summed E-state index contributed by atoms with van der Waals surface area (Å²) in [6.07, 6.45) is -3.74. The summed E-state index contributed by atoms with van der Waals surface area (Å²) >= 11 is 6.10. The van der Waals surface area contributed by atoms with Crippen LogP contribution in [0.3, 0.4) is 0 Å². The Hall–Kier alpha value is -3.24. The summed E-state index contributed by atoms with van der Waals surface area (Å²) < 4.78 is 71.2. The van der Waals surface area contributed by atoms with E-state index in [9.17, 15) is 26.4 Å². The Morgan fingerprint density at radius 2 is 1.71 bits per heavy atom. The second-order valence-electron chi connectivity index (χ2n) is 7.16. The number of rotatable bonds is 8. The topological polar surface area (TPSA) is 84.5 Å². The van der Waals surface area contributed by atoms with E-state index in [-0.39, 0.29) is 28.0 Å². The van der Waals surface area contributed by atoms with Crippen molar-refractivity contribution < 1.29 is 31.1 Å². The van der Waals surface area contributed by atoms with Crippen LogP contribution in [0.5, 0.6) is 5.75 Å². The van der Waals surface area contributed by atoms with Crippen LogP contribution in [-0.4, -0.2) is 20.9 Å². The molecule has 180 valence electrons. The van der Waals surface area contributed by atoms with Crippen molar-refractivity contribution in [3.63, 3.8) is 0 Å². The normalized spacial score (nSPS) is 11.7. The van der Waals surface area contributed by atoms with Gasteiger partial charge in [0.1, 0.15) is 5.75 Å². The van der Waals surface area contributed by atoms with Crippen molar-refractivity contribution in [1.29, 1.82) is 0 Å². The number of alkyl halides is 3. The van der Waals surface area contributed by atoms with Gasteiger partial charge in [-0.2, -0.15) is 13.2 Å². The molecule has 0 aromatic heterocycles. The van der Waals surface area contributed by atoms with E-state index in [1.807, 2.05) is 19.1 Å². The van der Waals surface area contributed by atoms with Gasteiger partial charge in [-0.3, -0.25) is 9.52 Å². The molecule has 0 fully saturated rings. The summed E-state index contributed by atoms with van der Waals surface area (Å²) in [7, 11) is -4.23. The third kappa shape index (κ3) is 6.64. The summed E-state index contributed by atoms with van der Waals surface area (Å²) in [6, 6.07) is 14.6. The standard InChI is InChI=1S/C23H20ClF3N2O4S/c1-2-15-6-8-17(9-7-15)28-22(30)14-33-21-11-10-19(13-20(21)24)34(31,32)29-18-5-3-4-16(12-18)23(25,26)27/h3-13,29H,2,14H2,1H3,(H,28,30). The molecule has 11 heteroatoms. The molecule has 34 heavy (non-hydrogen) atoms. The number of hydrogen-bond acceptors (Lipinski definition) is 4. The Morgan fingerprint density at radius 3 is 2.32 bits per heavy atom. The Kier molecular flexibility index (Phi) is 7.73.